The molecule has 0 aliphatic rings. The van der Waals surface area contributed by atoms with Crippen LogP contribution in [-0.2, 0) is 11.2 Å². The molecule has 0 spiro atoms. The molecule has 1 amide bonds. The molecule has 2 aromatic rings. The van der Waals surface area contributed by atoms with E-state index in [2.05, 4.69) is 5.43 Å². The highest BCUT2D eigenvalue weighted by atomic mass is 19.1. The van der Waals surface area contributed by atoms with Gasteiger partial charge in [-0.25, -0.2) is 9.07 Å². The van der Waals surface area contributed by atoms with E-state index in [0.717, 1.165) is 11.1 Å². The highest BCUT2D eigenvalue weighted by Gasteiger charge is 2.09. The Hall–Kier alpha value is -2.43. The Morgan fingerprint density at radius 1 is 1.19 bits per heavy atom. The molecule has 5 heteroatoms. The van der Waals surface area contributed by atoms with Crippen LogP contribution in [0.15, 0.2) is 35.1 Å². The summed E-state index contributed by atoms with van der Waals surface area (Å²) in [6.45, 7) is 5.37. The standard InChI is InChI=1S/C16H17FN2O2/c1-10-6-12(3)19(16(21)7-10)18-15(20)9-13-8-14(17)5-4-11(13)2/h4-8H,9H2,1-3H3,(H,18,20). The Morgan fingerprint density at radius 3 is 2.57 bits per heavy atom. The molecule has 0 radical (unpaired) electrons. The number of carbonyl (C=O) groups excluding carboxylic acids is 1. The van der Waals surface area contributed by atoms with Crippen LogP contribution in [0.25, 0.3) is 0 Å². The van der Waals surface area contributed by atoms with Crippen molar-refractivity contribution in [1.82, 2.24) is 4.68 Å². The summed E-state index contributed by atoms with van der Waals surface area (Å²) >= 11 is 0. The van der Waals surface area contributed by atoms with E-state index in [9.17, 15) is 14.0 Å². The van der Waals surface area contributed by atoms with Gasteiger partial charge in [0.15, 0.2) is 0 Å². The molecule has 1 heterocycles. The molecule has 110 valence electrons. The normalized spacial score (nSPS) is 10.5. The lowest BCUT2D eigenvalue weighted by Crippen LogP contribution is -2.35. The number of carbonyl (C=O) groups is 1. The summed E-state index contributed by atoms with van der Waals surface area (Å²) in [5.74, 6) is -0.746. The molecule has 2 rings (SSSR count). The summed E-state index contributed by atoms with van der Waals surface area (Å²) in [7, 11) is 0. The molecule has 0 fully saturated rings. The minimum Gasteiger partial charge on any atom is -0.273 e. The minimum absolute atomic E-state index is 0.0172. The predicted molar refractivity (Wildman–Crippen MR) is 79.4 cm³/mol. The largest absolute Gasteiger partial charge is 0.273 e. The van der Waals surface area contributed by atoms with E-state index in [1.165, 1.54) is 22.9 Å². The third-order valence-electron chi connectivity index (χ3n) is 3.26. The summed E-state index contributed by atoms with van der Waals surface area (Å²) in [6.07, 6.45) is 0.0172. The lowest BCUT2D eigenvalue weighted by atomic mass is 10.1. The van der Waals surface area contributed by atoms with Gasteiger partial charge in [-0.3, -0.25) is 15.0 Å². The van der Waals surface area contributed by atoms with Crippen molar-refractivity contribution in [2.24, 2.45) is 0 Å². The Morgan fingerprint density at radius 2 is 1.90 bits per heavy atom. The Bertz CT molecular complexity index is 750. The molecule has 0 aliphatic carbocycles. The molecule has 1 aromatic carbocycles. The first-order valence-corrected chi connectivity index (χ1v) is 6.62. The van der Waals surface area contributed by atoms with Crippen LogP contribution >= 0.6 is 0 Å². The average Bonchev–Trinajstić information content (AvgIpc) is 2.38. The van der Waals surface area contributed by atoms with Gasteiger partial charge in [-0.15, -0.1) is 0 Å². The van der Waals surface area contributed by atoms with Crippen LogP contribution < -0.4 is 11.0 Å². The van der Waals surface area contributed by atoms with Crippen molar-refractivity contribution in [3.8, 4) is 0 Å². The van der Waals surface area contributed by atoms with Crippen molar-refractivity contribution >= 4 is 5.91 Å². The smallest absolute Gasteiger partial charge is 0.269 e. The van der Waals surface area contributed by atoms with Gasteiger partial charge in [-0.1, -0.05) is 6.07 Å². The molecule has 0 aliphatic heterocycles. The maximum Gasteiger partial charge on any atom is 0.269 e. The van der Waals surface area contributed by atoms with Gasteiger partial charge in [0.2, 0.25) is 5.91 Å². The molecular formula is C16H17FN2O2. The fourth-order valence-corrected chi connectivity index (χ4v) is 2.18. The summed E-state index contributed by atoms with van der Waals surface area (Å²) in [5.41, 5.74) is 5.16. The fourth-order valence-electron chi connectivity index (χ4n) is 2.18. The third-order valence-corrected chi connectivity index (χ3v) is 3.26. The number of nitrogens with one attached hydrogen (secondary N) is 1. The SMILES string of the molecule is Cc1cc(C)n(NC(=O)Cc2cc(F)ccc2C)c(=O)c1. The second-order valence-electron chi connectivity index (χ2n) is 5.13. The van der Waals surface area contributed by atoms with Gasteiger partial charge in [0.1, 0.15) is 5.82 Å². The highest BCUT2D eigenvalue weighted by molar-refractivity contribution is 5.86. The zero-order valence-corrected chi connectivity index (χ0v) is 12.2. The van der Waals surface area contributed by atoms with Gasteiger partial charge in [0, 0.05) is 11.8 Å². The number of hydrogen-bond donors (Lipinski definition) is 1. The molecule has 0 saturated heterocycles. The van der Waals surface area contributed by atoms with Gasteiger partial charge in [-0.05, 0) is 55.7 Å². The van der Waals surface area contributed by atoms with Crippen LogP contribution in [0.4, 0.5) is 4.39 Å². The number of benzene rings is 1. The maximum absolute atomic E-state index is 13.2. The van der Waals surface area contributed by atoms with Crippen molar-refractivity contribution in [3.05, 3.63) is 68.9 Å². The van der Waals surface area contributed by atoms with Crippen molar-refractivity contribution in [1.29, 1.82) is 0 Å². The minimum atomic E-state index is -0.382. The maximum atomic E-state index is 13.2. The number of nitrogens with zero attached hydrogens (tertiary/aromatic N) is 1. The Balaban J connectivity index is 2.20. The summed E-state index contributed by atoms with van der Waals surface area (Å²) in [5, 5.41) is 0. The molecule has 0 bridgehead atoms. The van der Waals surface area contributed by atoms with E-state index in [-0.39, 0.29) is 23.7 Å². The van der Waals surface area contributed by atoms with E-state index in [1.54, 1.807) is 19.1 Å². The van der Waals surface area contributed by atoms with E-state index in [1.807, 2.05) is 13.8 Å². The second-order valence-corrected chi connectivity index (χ2v) is 5.13. The molecule has 1 N–H and O–H groups in total. The number of amides is 1. The Labute approximate surface area is 122 Å². The van der Waals surface area contributed by atoms with E-state index in [0.29, 0.717) is 11.3 Å². The van der Waals surface area contributed by atoms with Crippen LogP contribution in [-0.4, -0.2) is 10.6 Å². The number of aryl methyl sites for hydroxylation is 3. The molecular weight excluding hydrogens is 271 g/mol. The first-order chi connectivity index (χ1) is 9.86. The van der Waals surface area contributed by atoms with Crippen molar-refractivity contribution < 1.29 is 9.18 Å². The van der Waals surface area contributed by atoms with Gasteiger partial charge in [-0.2, -0.15) is 0 Å². The number of pyridine rings is 1. The van der Waals surface area contributed by atoms with Gasteiger partial charge < -0.3 is 0 Å². The molecule has 4 nitrogen and oxygen atoms in total. The average molecular weight is 288 g/mol. The number of hydrogen-bond acceptors (Lipinski definition) is 2. The lowest BCUT2D eigenvalue weighted by molar-refractivity contribution is -0.116. The number of aromatic nitrogens is 1. The zero-order valence-electron chi connectivity index (χ0n) is 12.2. The zero-order chi connectivity index (χ0) is 15.6. The fraction of sp³-hybridized carbons (Fsp3) is 0.250. The van der Waals surface area contributed by atoms with Crippen molar-refractivity contribution in [2.45, 2.75) is 27.2 Å². The monoisotopic (exact) mass is 288 g/mol. The molecule has 0 unspecified atom stereocenters. The van der Waals surface area contributed by atoms with Gasteiger partial charge in [0.05, 0.1) is 6.42 Å². The van der Waals surface area contributed by atoms with Crippen LogP contribution in [0.2, 0.25) is 0 Å². The Kier molecular flexibility index (Phi) is 4.21. The summed E-state index contributed by atoms with van der Waals surface area (Å²) in [4.78, 5) is 23.9. The van der Waals surface area contributed by atoms with E-state index in [4.69, 9.17) is 0 Å². The molecule has 21 heavy (non-hydrogen) atoms. The van der Waals surface area contributed by atoms with Gasteiger partial charge in [0.25, 0.3) is 5.56 Å². The number of halogens is 1. The third kappa shape index (κ3) is 3.56. The van der Waals surface area contributed by atoms with Crippen LogP contribution in [0.1, 0.15) is 22.4 Å². The molecule has 0 atom stereocenters. The van der Waals surface area contributed by atoms with Crippen LogP contribution in [0, 0.1) is 26.6 Å². The number of rotatable bonds is 3. The van der Waals surface area contributed by atoms with E-state index >= 15 is 0 Å². The van der Waals surface area contributed by atoms with Crippen molar-refractivity contribution in [2.75, 3.05) is 5.43 Å². The second kappa shape index (κ2) is 5.91. The first-order valence-electron chi connectivity index (χ1n) is 6.62. The van der Waals surface area contributed by atoms with Crippen LogP contribution in [0.3, 0.4) is 0 Å². The first kappa shape index (κ1) is 15.0. The summed E-state index contributed by atoms with van der Waals surface area (Å²) < 4.78 is 14.4. The van der Waals surface area contributed by atoms with Crippen LogP contribution in [0.5, 0.6) is 0 Å². The predicted octanol–water partition coefficient (Wildman–Crippen LogP) is 2.23. The van der Waals surface area contributed by atoms with Crippen molar-refractivity contribution in [3.63, 3.8) is 0 Å². The van der Waals surface area contributed by atoms with Gasteiger partial charge >= 0.3 is 0 Å². The lowest BCUT2D eigenvalue weighted by Gasteiger charge is -2.12. The molecule has 1 aromatic heterocycles. The highest BCUT2D eigenvalue weighted by Crippen LogP contribution is 2.11. The molecule has 0 saturated carbocycles. The quantitative estimate of drug-likeness (QED) is 0.941. The topological polar surface area (TPSA) is 51.1 Å². The van der Waals surface area contributed by atoms with E-state index < -0.39 is 0 Å². The summed E-state index contributed by atoms with van der Waals surface area (Å²) in [6, 6.07) is 7.56.